The first kappa shape index (κ1) is 10.1. The summed E-state index contributed by atoms with van der Waals surface area (Å²) in [7, 11) is 1.56. The van der Waals surface area contributed by atoms with Crippen LogP contribution < -0.4 is 0 Å². The van der Waals surface area contributed by atoms with Crippen LogP contribution in [-0.2, 0) is 4.65 Å². The number of rotatable bonds is 5. The Morgan fingerprint density at radius 3 is 2.80 bits per heavy atom. The van der Waals surface area contributed by atoms with Crippen LogP contribution in [0.25, 0.3) is 0 Å². The molecule has 0 aliphatic carbocycles. The predicted molar refractivity (Wildman–Crippen MR) is 45.5 cm³/mol. The first-order valence-corrected chi connectivity index (χ1v) is 3.90. The SMILES string of the molecule is BOC[C@H](Br)C[C@H](F)C=N. The molecular weight excluding hydrogens is 200 g/mol. The molecule has 0 aliphatic heterocycles. The molecule has 10 heavy (non-hydrogen) atoms. The van der Waals surface area contributed by atoms with Crippen LogP contribution in [0.1, 0.15) is 6.42 Å². The summed E-state index contributed by atoms with van der Waals surface area (Å²) in [6.45, 7) is 0.480. The lowest BCUT2D eigenvalue weighted by atomic mass is 10.2. The second kappa shape index (κ2) is 5.86. The van der Waals surface area contributed by atoms with E-state index in [1.807, 2.05) is 0 Å². The highest BCUT2D eigenvalue weighted by Gasteiger charge is 2.09. The third kappa shape index (κ3) is 4.94. The Kier molecular flexibility index (Phi) is 5.92. The maximum Gasteiger partial charge on any atom is 0.257 e. The number of hydrogen-bond donors (Lipinski definition) is 1. The largest absolute Gasteiger partial charge is 0.443 e. The first-order chi connectivity index (χ1) is 4.70. The molecule has 0 aromatic heterocycles. The van der Waals surface area contributed by atoms with E-state index in [1.54, 1.807) is 8.05 Å². The first-order valence-electron chi connectivity index (χ1n) is 2.98. The van der Waals surface area contributed by atoms with E-state index >= 15 is 0 Å². The van der Waals surface area contributed by atoms with E-state index in [-0.39, 0.29) is 4.83 Å². The van der Waals surface area contributed by atoms with Gasteiger partial charge in [-0.25, -0.2) is 4.39 Å². The molecule has 0 fully saturated rings. The van der Waals surface area contributed by atoms with E-state index in [4.69, 9.17) is 10.1 Å². The van der Waals surface area contributed by atoms with Gasteiger partial charge >= 0.3 is 0 Å². The molecule has 0 amide bonds. The van der Waals surface area contributed by atoms with Crippen molar-refractivity contribution in [3.63, 3.8) is 0 Å². The average molecular weight is 210 g/mol. The minimum Gasteiger partial charge on any atom is -0.443 e. The van der Waals surface area contributed by atoms with Crippen molar-refractivity contribution in [2.45, 2.75) is 17.4 Å². The van der Waals surface area contributed by atoms with Gasteiger partial charge in [0, 0.05) is 17.6 Å². The maximum atomic E-state index is 12.4. The second-order valence-electron chi connectivity index (χ2n) is 1.97. The van der Waals surface area contributed by atoms with Crippen molar-refractivity contribution < 1.29 is 9.04 Å². The predicted octanol–water partition coefficient (Wildman–Crippen LogP) is 0.692. The van der Waals surface area contributed by atoms with Crippen LogP contribution in [0.2, 0.25) is 0 Å². The number of hydrogen-bond acceptors (Lipinski definition) is 2. The molecule has 58 valence electrons. The van der Waals surface area contributed by atoms with Crippen LogP contribution in [0, 0.1) is 5.41 Å². The van der Waals surface area contributed by atoms with Crippen LogP contribution in [0.5, 0.6) is 0 Å². The molecule has 5 heteroatoms. The zero-order chi connectivity index (χ0) is 7.98. The van der Waals surface area contributed by atoms with Crippen LogP contribution >= 0.6 is 15.9 Å². The van der Waals surface area contributed by atoms with E-state index in [1.165, 1.54) is 0 Å². The van der Waals surface area contributed by atoms with E-state index in [9.17, 15) is 4.39 Å². The van der Waals surface area contributed by atoms with Gasteiger partial charge in [0.2, 0.25) is 0 Å². The molecule has 0 bridgehead atoms. The smallest absolute Gasteiger partial charge is 0.257 e. The third-order valence-corrected chi connectivity index (χ3v) is 1.65. The fourth-order valence-electron chi connectivity index (χ4n) is 0.561. The van der Waals surface area contributed by atoms with E-state index in [0.717, 1.165) is 6.21 Å². The highest BCUT2D eigenvalue weighted by Crippen LogP contribution is 2.09. The summed E-state index contributed by atoms with van der Waals surface area (Å²) in [5.41, 5.74) is 0. The lowest BCUT2D eigenvalue weighted by Crippen LogP contribution is -2.14. The zero-order valence-corrected chi connectivity index (χ0v) is 7.40. The quantitative estimate of drug-likeness (QED) is 0.404. The Labute approximate surface area is 69.2 Å². The summed E-state index contributed by atoms with van der Waals surface area (Å²) >= 11 is 3.21. The fourth-order valence-corrected chi connectivity index (χ4v) is 1.18. The van der Waals surface area contributed by atoms with Crippen molar-refractivity contribution in [1.82, 2.24) is 0 Å². The zero-order valence-electron chi connectivity index (χ0n) is 5.81. The summed E-state index contributed by atoms with van der Waals surface area (Å²) in [6, 6.07) is 0. The Bertz CT molecular complexity index is 106. The van der Waals surface area contributed by atoms with Gasteiger partial charge < -0.3 is 10.1 Å². The van der Waals surface area contributed by atoms with Crippen molar-refractivity contribution in [1.29, 1.82) is 5.41 Å². The highest BCUT2D eigenvalue weighted by molar-refractivity contribution is 9.09. The van der Waals surface area contributed by atoms with Crippen LogP contribution in [0.4, 0.5) is 4.39 Å². The number of halogens is 2. The van der Waals surface area contributed by atoms with E-state index in [2.05, 4.69) is 15.9 Å². The van der Waals surface area contributed by atoms with E-state index < -0.39 is 6.17 Å². The molecule has 0 rings (SSSR count). The lowest BCUT2D eigenvalue weighted by Gasteiger charge is -2.08. The molecule has 0 unspecified atom stereocenters. The third-order valence-electron chi connectivity index (χ3n) is 1.01. The van der Waals surface area contributed by atoms with Gasteiger partial charge in [-0.05, 0) is 6.42 Å². The molecule has 0 aliphatic rings. The maximum absolute atomic E-state index is 12.4. The molecule has 0 aromatic carbocycles. The molecule has 2 atom stereocenters. The topological polar surface area (TPSA) is 33.1 Å². The minimum absolute atomic E-state index is 0.00843. The summed E-state index contributed by atoms with van der Waals surface area (Å²) in [5, 5.41) is 6.57. The Hall–Kier alpha value is 0.105. The molecule has 0 heterocycles. The second-order valence-corrected chi connectivity index (χ2v) is 3.27. The van der Waals surface area contributed by atoms with Crippen LogP contribution in [-0.4, -0.2) is 31.9 Å². The fraction of sp³-hybridized carbons (Fsp3) is 0.800. The Morgan fingerprint density at radius 1 is 1.80 bits per heavy atom. The minimum atomic E-state index is -1.15. The van der Waals surface area contributed by atoms with Gasteiger partial charge in [-0.2, -0.15) is 0 Å². The Morgan fingerprint density at radius 2 is 2.40 bits per heavy atom. The van der Waals surface area contributed by atoms with Gasteiger partial charge in [-0.3, -0.25) is 0 Å². The summed E-state index contributed by atoms with van der Waals surface area (Å²) in [6.07, 6.45) is -0.0547. The molecular formula is C5H10BBrFNO. The highest BCUT2D eigenvalue weighted by atomic mass is 79.9. The normalized spacial score (nSPS) is 16.2. The Balaban J connectivity index is 3.36. The van der Waals surface area contributed by atoms with Crippen LogP contribution in [0.3, 0.4) is 0 Å². The standard InChI is InChI=1S/C5H10BBrFNO/c6-10-3-4(7)1-5(8)2-9/h2,4-5,9H,1,3,6H2/t4-,5+/m1/s1. The van der Waals surface area contributed by atoms with Gasteiger partial charge in [-0.15, -0.1) is 0 Å². The van der Waals surface area contributed by atoms with Gasteiger partial charge in [0.25, 0.3) is 8.05 Å². The van der Waals surface area contributed by atoms with E-state index in [0.29, 0.717) is 13.0 Å². The summed E-state index contributed by atoms with van der Waals surface area (Å²) in [4.78, 5) is 0.00843. The molecule has 0 saturated carbocycles. The monoisotopic (exact) mass is 209 g/mol. The van der Waals surface area contributed by atoms with Gasteiger partial charge in [-0.1, -0.05) is 15.9 Å². The van der Waals surface area contributed by atoms with Crippen molar-refractivity contribution in [3.05, 3.63) is 0 Å². The summed E-state index contributed by atoms with van der Waals surface area (Å²) < 4.78 is 17.1. The van der Waals surface area contributed by atoms with Crippen molar-refractivity contribution in [3.8, 4) is 0 Å². The molecule has 0 radical (unpaired) electrons. The number of nitrogens with one attached hydrogen (secondary N) is 1. The molecule has 1 N–H and O–H groups in total. The molecule has 2 nitrogen and oxygen atoms in total. The molecule has 0 saturated heterocycles. The molecule has 0 spiro atoms. The van der Waals surface area contributed by atoms with Gasteiger partial charge in [0.05, 0.1) is 0 Å². The molecule has 0 aromatic rings. The van der Waals surface area contributed by atoms with Crippen molar-refractivity contribution in [2.24, 2.45) is 0 Å². The van der Waals surface area contributed by atoms with Crippen LogP contribution in [0.15, 0.2) is 0 Å². The van der Waals surface area contributed by atoms with Crippen molar-refractivity contribution >= 4 is 30.2 Å². The van der Waals surface area contributed by atoms with Gasteiger partial charge in [0.1, 0.15) is 6.17 Å². The van der Waals surface area contributed by atoms with Crippen molar-refractivity contribution in [2.75, 3.05) is 6.61 Å². The average Bonchev–Trinajstić information content (AvgIpc) is 1.88. The lowest BCUT2D eigenvalue weighted by molar-refractivity contribution is 0.318. The summed E-state index contributed by atoms with van der Waals surface area (Å²) in [5.74, 6) is 0. The van der Waals surface area contributed by atoms with Gasteiger partial charge in [0.15, 0.2) is 0 Å². The number of alkyl halides is 2.